The zero-order chi connectivity index (χ0) is 10.8. The van der Waals surface area contributed by atoms with Gasteiger partial charge < -0.3 is 14.7 Å². The van der Waals surface area contributed by atoms with Crippen LogP contribution in [-0.4, -0.2) is 47.8 Å². The smallest absolute Gasteiger partial charge is 0.248 e. The number of nitrogens with zero attached hydrogens (tertiary/aromatic N) is 1. The van der Waals surface area contributed by atoms with Crippen LogP contribution in [0.2, 0.25) is 0 Å². The number of aliphatic hydroxyl groups excluding tert-OH is 1. The lowest BCUT2D eigenvalue weighted by atomic mass is 10.0. The van der Waals surface area contributed by atoms with Gasteiger partial charge in [0.15, 0.2) is 0 Å². The van der Waals surface area contributed by atoms with Crippen LogP contribution >= 0.6 is 0 Å². The highest BCUT2D eigenvalue weighted by atomic mass is 16.5. The number of rotatable bonds is 3. The predicted octanol–water partition coefficient (Wildman–Crippen LogP) is 0.252. The molecule has 1 aliphatic heterocycles. The first-order chi connectivity index (χ1) is 6.47. The minimum absolute atomic E-state index is 0.0182. The second-order valence-electron chi connectivity index (χ2n) is 4.56. The number of aliphatic hydroxyl groups is 1. The normalized spacial score (nSPS) is 28.6. The van der Waals surface area contributed by atoms with E-state index in [0.29, 0.717) is 12.5 Å². The molecule has 0 aromatic heterocycles. The van der Waals surface area contributed by atoms with Crippen LogP contribution in [0, 0.1) is 5.92 Å². The summed E-state index contributed by atoms with van der Waals surface area (Å²) in [4.78, 5) is 13.2. The molecule has 0 aliphatic carbocycles. The third-order valence-electron chi connectivity index (χ3n) is 2.34. The summed E-state index contributed by atoms with van der Waals surface area (Å²) in [5, 5.41) is 9.13. The second-order valence-corrected chi connectivity index (χ2v) is 4.56. The molecule has 1 fully saturated rings. The molecule has 0 aromatic carbocycles. The van der Waals surface area contributed by atoms with Crippen LogP contribution in [0.5, 0.6) is 0 Å². The van der Waals surface area contributed by atoms with E-state index < -0.39 is 5.60 Å². The van der Waals surface area contributed by atoms with Gasteiger partial charge in [-0.3, -0.25) is 4.79 Å². The van der Waals surface area contributed by atoms with Gasteiger partial charge >= 0.3 is 0 Å². The van der Waals surface area contributed by atoms with Crippen molar-refractivity contribution in [3.8, 4) is 0 Å². The topological polar surface area (TPSA) is 49.8 Å². The molecular formula is C10H19NO3. The summed E-state index contributed by atoms with van der Waals surface area (Å²) in [7, 11) is 0. The van der Waals surface area contributed by atoms with Crippen LogP contribution in [0.3, 0.4) is 0 Å². The summed E-state index contributed by atoms with van der Waals surface area (Å²) in [6.45, 7) is 7.22. The van der Waals surface area contributed by atoms with Gasteiger partial charge in [-0.15, -0.1) is 0 Å². The Labute approximate surface area is 84.8 Å². The number of hydrogen-bond acceptors (Lipinski definition) is 3. The van der Waals surface area contributed by atoms with Gasteiger partial charge in [0.2, 0.25) is 5.91 Å². The maximum Gasteiger partial charge on any atom is 0.248 e. The van der Waals surface area contributed by atoms with Gasteiger partial charge in [0, 0.05) is 6.54 Å². The van der Waals surface area contributed by atoms with E-state index in [9.17, 15) is 4.79 Å². The van der Waals surface area contributed by atoms with E-state index in [4.69, 9.17) is 9.84 Å². The van der Waals surface area contributed by atoms with Gasteiger partial charge in [-0.2, -0.15) is 0 Å². The quantitative estimate of drug-likeness (QED) is 0.712. The van der Waals surface area contributed by atoms with Crippen molar-refractivity contribution < 1.29 is 14.6 Å². The lowest BCUT2D eigenvalue weighted by Gasteiger charge is -2.39. The molecule has 0 saturated carbocycles. The Morgan fingerprint density at radius 3 is 2.79 bits per heavy atom. The van der Waals surface area contributed by atoms with E-state index in [0.717, 1.165) is 6.54 Å². The fourth-order valence-corrected chi connectivity index (χ4v) is 1.57. The maximum absolute atomic E-state index is 11.5. The molecule has 1 rings (SSSR count). The number of hydrogen-bond donors (Lipinski definition) is 1. The van der Waals surface area contributed by atoms with Crippen molar-refractivity contribution in [2.24, 2.45) is 5.92 Å². The summed E-state index contributed by atoms with van der Waals surface area (Å²) >= 11 is 0. The van der Waals surface area contributed by atoms with E-state index in [1.54, 1.807) is 4.90 Å². The number of amides is 1. The van der Waals surface area contributed by atoms with Crippen molar-refractivity contribution in [2.45, 2.75) is 26.4 Å². The Balaban J connectivity index is 2.59. The molecule has 1 heterocycles. The van der Waals surface area contributed by atoms with Crippen LogP contribution in [-0.2, 0) is 9.53 Å². The third kappa shape index (κ3) is 2.69. The zero-order valence-corrected chi connectivity index (χ0v) is 9.12. The third-order valence-corrected chi connectivity index (χ3v) is 2.34. The van der Waals surface area contributed by atoms with Gasteiger partial charge in [-0.05, 0) is 12.8 Å². The number of ether oxygens (including phenoxy) is 1. The van der Waals surface area contributed by atoms with Crippen LogP contribution in [0.15, 0.2) is 0 Å². The van der Waals surface area contributed by atoms with Gasteiger partial charge in [-0.1, -0.05) is 13.8 Å². The highest BCUT2D eigenvalue weighted by Gasteiger charge is 2.35. The van der Waals surface area contributed by atoms with Crippen molar-refractivity contribution in [2.75, 3.05) is 26.3 Å². The van der Waals surface area contributed by atoms with Crippen molar-refractivity contribution in [3.05, 3.63) is 0 Å². The van der Waals surface area contributed by atoms with E-state index in [1.165, 1.54) is 0 Å². The van der Waals surface area contributed by atoms with Gasteiger partial charge in [-0.25, -0.2) is 0 Å². The molecule has 4 nitrogen and oxygen atoms in total. The average Bonchev–Trinajstić information content (AvgIpc) is 2.11. The van der Waals surface area contributed by atoms with E-state index in [-0.39, 0.29) is 19.1 Å². The summed E-state index contributed by atoms with van der Waals surface area (Å²) in [6, 6.07) is 0. The maximum atomic E-state index is 11.5. The number of carbonyl (C=O) groups is 1. The molecular weight excluding hydrogens is 182 g/mol. The number of morpholine rings is 1. The Bertz CT molecular complexity index is 217. The zero-order valence-electron chi connectivity index (χ0n) is 9.12. The molecule has 14 heavy (non-hydrogen) atoms. The minimum atomic E-state index is -0.581. The molecule has 0 bridgehead atoms. The summed E-state index contributed by atoms with van der Waals surface area (Å²) < 4.78 is 5.30. The first kappa shape index (κ1) is 11.5. The van der Waals surface area contributed by atoms with Crippen molar-refractivity contribution in [3.63, 3.8) is 0 Å². The predicted molar refractivity (Wildman–Crippen MR) is 52.9 cm³/mol. The Morgan fingerprint density at radius 2 is 2.29 bits per heavy atom. The molecule has 1 N–H and O–H groups in total. The first-order valence-corrected chi connectivity index (χ1v) is 4.99. The Morgan fingerprint density at radius 1 is 1.64 bits per heavy atom. The second kappa shape index (κ2) is 4.28. The van der Waals surface area contributed by atoms with Gasteiger partial charge in [0.1, 0.15) is 12.2 Å². The largest absolute Gasteiger partial charge is 0.393 e. The molecule has 0 radical (unpaired) electrons. The Kier molecular flexibility index (Phi) is 3.50. The molecule has 0 spiro atoms. The first-order valence-electron chi connectivity index (χ1n) is 4.99. The average molecular weight is 201 g/mol. The van der Waals surface area contributed by atoms with Crippen LogP contribution in [0.4, 0.5) is 0 Å². The van der Waals surface area contributed by atoms with Crippen molar-refractivity contribution >= 4 is 5.91 Å². The van der Waals surface area contributed by atoms with Crippen LogP contribution < -0.4 is 0 Å². The minimum Gasteiger partial charge on any atom is -0.393 e. The molecule has 4 heteroatoms. The van der Waals surface area contributed by atoms with E-state index in [1.807, 2.05) is 6.92 Å². The fraction of sp³-hybridized carbons (Fsp3) is 0.900. The summed E-state index contributed by atoms with van der Waals surface area (Å²) in [5.74, 6) is 0.463. The van der Waals surface area contributed by atoms with Crippen LogP contribution in [0.25, 0.3) is 0 Å². The molecule has 82 valence electrons. The van der Waals surface area contributed by atoms with Crippen LogP contribution in [0.1, 0.15) is 20.8 Å². The molecule has 1 atom stereocenters. The number of carbonyl (C=O) groups excluding carboxylic acids is 1. The molecule has 0 aromatic rings. The van der Waals surface area contributed by atoms with E-state index in [2.05, 4.69) is 13.8 Å². The fourth-order valence-electron chi connectivity index (χ4n) is 1.57. The summed E-state index contributed by atoms with van der Waals surface area (Å²) in [5.41, 5.74) is -0.581. The monoisotopic (exact) mass is 201 g/mol. The highest BCUT2D eigenvalue weighted by Crippen LogP contribution is 2.18. The highest BCUT2D eigenvalue weighted by molar-refractivity contribution is 5.78. The van der Waals surface area contributed by atoms with E-state index >= 15 is 0 Å². The standard InChI is InChI=1S/C10H19NO3/c1-8(2)4-11-6-10(3,7-12)14-5-9(11)13/h8,12H,4-7H2,1-3H3. The van der Waals surface area contributed by atoms with Gasteiger partial charge in [0.05, 0.1) is 13.2 Å². The van der Waals surface area contributed by atoms with Crippen molar-refractivity contribution in [1.29, 1.82) is 0 Å². The molecule has 1 saturated heterocycles. The lowest BCUT2D eigenvalue weighted by molar-refractivity contribution is -0.167. The summed E-state index contributed by atoms with van der Waals surface area (Å²) in [6.07, 6.45) is 0. The van der Waals surface area contributed by atoms with Crippen molar-refractivity contribution in [1.82, 2.24) is 4.90 Å². The molecule has 1 unspecified atom stereocenters. The molecule has 1 amide bonds. The molecule has 1 aliphatic rings. The van der Waals surface area contributed by atoms with Gasteiger partial charge in [0.25, 0.3) is 0 Å². The Hall–Kier alpha value is -0.610. The SMILES string of the molecule is CC(C)CN1CC(C)(CO)OCC1=O. The lowest BCUT2D eigenvalue weighted by Crippen LogP contribution is -2.55.